The number of nitrogens with zero attached hydrogens (tertiary/aromatic N) is 1. The fourth-order valence-corrected chi connectivity index (χ4v) is 2.61. The van der Waals surface area contributed by atoms with Crippen LogP contribution in [0.1, 0.15) is 33.1 Å². The summed E-state index contributed by atoms with van der Waals surface area (Å²) in [6, 6.07) is 8.98. The highest BCUT2D eigenvalue weighted by Gasteiger charge is 2.15. The van der Waals surface area contributed by atoms with Crippen molar-refractivity contribution < 1.29 is 4.74 Å². The first-order valence-corrected chi connectivity index (χ1v) is 7.51. The fourth-order valence-electron chi connectivity index (χ4n) is 2.61. The number of rotatable bonds is 6. The second kappa shape index (κ2) is 7.39. The first kappa shape index (κ1) is 14.2. The van der Waals surface area contributed by atoms with Crippen molar-refractivity contribution >= 4 is 5.69 Å². The van der Waals surface area contributed by atoms with E-state index in [9.17, 15) is 0 Å². The van der Waals surface area contributed by atoms with E-state index in [2.05, 4.69) is 42.3 Å². The highest BCUT2D eigenvalue weighted by atomic mass is 16.5. The van der Waals surface area contributed by atoms with Crippen molar-refractivity contribution in [3.63, 3.8) is 0 Å². The SMILES string of the molecule is CCCC(C)NCCN1CCCOc2ccccc21. The van der Waals surface area contributed by atoms with Gasteiger partial charge in [-0.1, -0.05) is 25.5 Å². The predicted molar refractivity (Wildman–Crippen MR) is 81.1 cm³/mol. The normalized spacial score (nSPS) is 16.4. The lowest BCUT2D eigenvalue weighted by molar-refractivity contribution is 0.322. The van der Waals surface area contributed by atoms with Crippen LogP contribution in [0.15, 0.2) is 24.3 Å². The standard InChI is InChI=1S/C16H26N2O/c1-3-7-14(2)17-10-12-18-11-6-13-19-16-9-5-4-8-15(16)18/h4-5,8-9,14,17H,3,6-7,10-13H2,1-2H3. The smallest absolute Gasteiger partial charge is 0.142 e. The van der Waals surface area contributed by atoms with Crippen LogP contribution in [-0.4, -0.2) is 32.3 Å². The molecule has 1 atom stereocenters. The molecular weight excluding hydrogens is 236 g/mol. The van der Waals surface area contributed by atoms with Gasteiger partial charge >= 0.3 is 0 Å². The molecule has 3 nitrogen and oxygen atoms in total. The minimum absolute atomic E-state index is 0.614. The van der Waals surface area contributed by atoms with Gasteiger partial charge in [0.2, 0.25) is 0 Å². The Morgan fingerprint density at radius 2 is 2.21 bits per heavy atom. The van der Waals surface area contributed by atoms with E-state index in [1.807, 2.05) is 6.07 Å². The lowest BCUT2D eigenvalue weighted by atomic mass is 10.2. The van der Waals surface area contributed by atoms with E-state index in [-0.39, 0.29) is 0 Å². The van der Waals surface area contributed by atoms with E-state index in [0.717, 1.165) is 38.4 Å². The molecule has 3 heteroatoms. The van der Waals surface area contributed by atoms with Gasteiger partial charge in [-0.3, -0.25) is 0 Å². The first-order valence-electron chi connectivity index (χ1n) is 7.51. The molecule has 1 aromatic rings. The average Bonchev–Trinajstić information content (AvgIpc) is 2.62. The molecule has 1 unspecified atom stereocenters. The number of benzene rings is 1. The van der Waals surface area contributed by atoms with Crippen molar-refractivity contribution in [2.45, 2.75) is 39.2 Å². The molecule has 1 aromatic carbocycles. The minimum atomic E-state index is 0.614. The Hall–Kier alpha value is -1.22. The van der Waals surface area contributed by atoms with Crippen LogP contribution in [0.2, 0.25) is 0 Å². The van der Waals surface area contributed by atoms with Gasteiger partial charge < -0.3 is 15.0 Å². The number of ether oxygens (including phenoxy) is 1. The number of hydrogen-bond acceptors (Lipinski definition) is 3. The van der Waals surface area contributed by atoms with Crippen LogP contribution in [0.4, 0.5) is 5.69 Å². The zero-order valence-corrected chi connectivity index (χ0v) is 12.2. The Kier molecular flexibility index (Phi) is 5.52. The monoisotopic (exact) mass is 262 g/mol. The second-order valence-electron chi connectivity index (χ2n) is 5.30. The molecule has 0 saturated heterocycles. The van der Waals surface area contributed by atoms with Crippen LogP contribution in [0.5, 0.6) is 5.75 Å². The maximum atomic E-state index is 5.78. The molecule has 1 aliphatic heterocycles. The van der Waals surface area contributed by atoms with Gasteiger partial charge in [-0.2, -0.15) is 0 Å². The Bertz CT molecular complexity index is 381. The molecule has 1 N–H and O–H groups in total. The highest BCUT2D eigenvalue weighted by Crippen LogP contribution is 2.29. The van der Waals surface area contributed by atoms with Gasteiger partial charge in [0.1, 0.15) is 5.75 Å². The molecule has 106 valence electrons. The van der Waals surface area contributed by atoms with Gasteiger partial charge in [-0.25, -0.2) is 0 Å². The average molecular weight is 262 g/mol. The van der Waals surface area contributed by atoms with Crippen molar-refractivity contribution in [3.8, 4) is 5.75 Å². The molecular formula is C16H26N2O. The third-order valence-corrected chi connectivity index (χ3v) is 3.63. The predicted octanol–water partition coefficient (Wildman–Crippen LogP) is 3.05. The molecule has 0 radical (unpaired) electrons. The second-order valence-corrected chi connectivity index (χ2v) is 5.30. The van der Waals surface area contributed by atoms with Crippen LogP contribution in [-0.2, 0) is 0 Å². The first-order chi connectivity index (χ1) is 9.31. The summed E-state index contributed by atoms with van der Waals surface area (Å²) in [6.07, 6.45) is 3.59. The van der Waals surface area contributed by atoms with Gasteiger partial charge in [-0.15, -0.1) is 0 Å². The van der Waals surface area contributed by atoms with Crippen molar-refractivity contribution in [3.05, 3.63) is 24.3 Å². The van der Waals surface area contributed by atoms with E-state index in [4.69, 9.17) is 4.74 Å². The Morgan fingerprint density at radius 1 is 1.37 bits per heavy atom. The van der Waals surface area contributed by atoms with E-state index < -0.39 is 0 Å². The molecule has 0 fully saturated rings. The Balaban J connectivity index is 1.89. The van der Waals surface area contributed by atoms with Crippen LogP contribution < -0.4 is 15.0 Å². The lowest BCUT2D eigenvalue weighted by Crippen LogP contribution is -2.36. The molecule has 1 heterocycles. The summed E-state index contributed by atoms with van der Waals surface area (Å²) >= 11 is 0. The fraction of sp³-hybridized carbons (Fsp3) is 0.625. The van der Waals surface area contributed by atoms with E-state index in [0.29, 0.717) is 6.04 Å². The maximum Gasteiger partial charge on any atom is 0.142 e. The summed E-state index contributed by atoms with van der Waals surface area (Å²) in [6.45, 7) is 8.50. The van der Waals surface area contributed by atoms with Crippen LogP contribution in [0.3, 0.4) is 0 Å². The van der Waals surface area contributed by atoms with Crippen molar-refractivity contribution in [2.75, 3.05) is 31.1 Å². The minimum Gasteiger partial charge on any atom is -0.491 e. The molecule has 0 amide bonds. The van der Waals surface area contributed by atoms with E-state index in [1.165, 1.54) is 18.5 Å². The van der Waals surface area contributed by atoms with Gasteiger partial charge in [-0.05, 0) is 31.9 Å². The molecule has 0 saturated carbocycles. The largest absolute Gasteiger partial charge is 0.491 e. The summed E-state index contributed by atoms with van der Waals surface area (Å²) < 4.78 is 5.78. The van der Waals surface area contributed by atoms with Gasteiger partial charge in [0.05, 0.1) is 12.3 Å². The Labute approximate surface area is 116 Å². The molecule has 2 rings (SSSR count). The van der Waals surface area contributed by atoms with Gasteiger partial charge in [0.15, 0.2) is 0 Å². The topological polar surface area (TPSA) is 24.5 Å². The number of para-hydroxylation sites is 2. The molecule has 1 aliphatic rings. The van der Waals surface area contributed by atoms with Crippen LogP contribution in [0.25, 0.3) is 0 Å². The number of nitrogens with one attached hydrogen (secondary N) is 1. The number of anilines is 1. The third-order valence-electron chi connectivity index (χ3n) is 3.63. The van der Waals surface area contributed by atoms with Gasteiger partial charge in [0.25, 0.3) is 0 Å². The Morgan fingerprint density at radius 3 is 3.05 bits per heavy atom. The van der Waals surface area contributed by atoms with E-state index >= 15 is 0 Å². The van der Waals surface area contributed by atoms with Crippen LogP contribution >= 0.6 is 0 Å². The summed E-state index contributed by atoms with van der Waals surface area (Å²) in [5.41, 5.74) is 1.24. The van der Waals surface area contributed by atoms with Crippen LogP contribution in [0, 0.1) is 0 Å². The summed E-state index contributed by atoms with van der Waals surface area (Å²) in [4.78, 5) is 2.44. The zero-order chi connectivity index (χ0) is 13.5. The van der Waals surface area contributed by atoms with E-state index in [1.54, 1.807) is 0 Å². The molecule has 0 aromatic heterocycles. The molecule has 0 bridgehead atoms. The van der Waals surface area contributed by atoms with Crippen molar-refractivity contribution in [2.24, 2.45) is 0 Å². The lowest BCUT2D eigenvalue weighted by Gasteiger charge is -2.24. The molecule has 19 heavy (non-hydrogen) atoms. The molecule has 0 spiro atoms. The van der Waals surface area contributed by atoms with Gasteiger partial charge in [0, 0.05) is 25.7 Å². The highest BCUT2D eigenvalue weighted by molar-refractivity contribution is 5.58. The maximum absolute atomic E-state index is 5.78. The number of fused-ring (bicyclic) bond motifs is 1. The van der Waals surface area contributed by atoms with Crippen molar-refractivity contribution in [1.82, 2.24) is 5.32 Å². The molecule has 0 aliphatic carbocycles. The summed E-state index contributed by atoms with van der Waals surface area (Å²) in [7, 11) is 0. The third kappa shape index (κ3) is 4.13. The zero-order valence-electron chi connectivity index (χ0n) is 12.2. The summed E-state index contributed by atoms with van der Waals surface area (Å²) in [5, 5.41) is 3.60. The number of hydrogen-bond donors (Lipinski definition) is 1. The van der Waals surface area contributed by atoms with Crippen molar-refractivity contribution in [1.29, 1.82) is 0 Å². The summed E-state index contributed by atoms with van der Waals surface area (Å²) in [5.74, 6) is 1.03. The quantitative estimate of drug-likeness (QED) is 0.853.